The fraction of sp³-hybridized carbons (Fsp3) is 0.688. The van der Waals surface area contributed by atoms with Gasteiger partial charge in [-0.3, -0.25) is 9.59 Å². The molecule has 0 aromatic rings. The SMILES string of the molecule is CC/C=C\C/C=C\C/C=C\CCCCCCCCCC(=O)OC(COCCC(C(=O)[O-])[N+](C)(C)C)COC(=O)CCCCCCC/C=C\C/C=C\C/C=C\CC. The van der Waals surface area contributed by atoms with Crippen LogP contribution >= 0.6 is 0 Å². The van der Waals surface area contributed by atoms with Crippen LogP contribution in [0.3, 0.4) is 0 Å². The number of hydrogen-bond donors (Lipinski definition) is 0. The van der Waals surface area contributed by atoms with Crippen LogP contribution in [0.4, 0.5) is 0 Å². The number of rotatable bonds is 38. The van der Waals surface area contributed by atoms with Crippen LogP contribution in [0.25, 0.3) is 0 Å². The molecule has 8 heteroatoms. The van der Waals surface area contributed by atoms with Crippen molar-refractivity contribution in [1.29, 1.82) is 0 Å². The maximum atomic E-state index is 12.7. The van der Waals surface area contributed by atoms with Gasteiger partial charge < -0.3 is 28.6 Å². The number of carbonyl (C=O) groups excluding carboxylic acids is 3. The number of carbonyl (C=O) groups is 3. The van der Waals surface area contributed by atoms with Crippen molar-refractivity contribution < 1.29 is 38.2 Å². The number of likely N-dealkylation sites (N-methyl/N-ethyl adjacent to an activating group) is 1. The van der Waals surface area contributed by atoms with Crippen LogP contribution in [0, 0.1) is 0 Å². The monoisotopic (exact) mass is 784 g/mol. The van der Waals surface area contributed by atoms with Gasteiger partial charge >= 0.3 is 11.9 Å². The first-order valence-corrected chi connectivity index (χ1v) is 22.0. The fourth-order valence-corrected chi connectivity index (χ4v) is 5.98. The third-order valence-corrected chi connectivity index (χ3v) is 9.34. The third-order valence-electron chi connectivity index (χ3n) is 9.34. The Morgan fingerprint density at radius 3 is 1.39 bits per heavy atom. The third kappa shape index (κ3) is 36.4. The molecule has 0 aliphatic heterocycles. The Balaban J connectivity index is 4.40. The summed E-state index contributed by atoms with van der Waals surface area (Å²) < 4.78 is 17.1. The van der Waals surface area contributed by atoms with E-state index in [-0.39, 0.29) is 42.7 Å². The summed E-state index contributed by atoms with van der Waals surface area (Å²) in [7, 11) is 5.39. The van der Waals surface area contributed by atoms with Gasteiger partial charge in [0.15, 0.2) is 6.10 Å². The number of carboxylic acid groups (broad SMARTS) is 1. The molecular weight excluding hydrogens is 703 g/mol. The fourth-order valence-electron chi connectivity index (χ4n) is 5.98. The minimum absolute atomic E-state index is 0.0273. The molecule has 0 fully saturated rings. The Hall–Kier alpha value is -3.23. The number of aliphatic carboxylic acids is 1. The van der Waals surface area contributed by atoms with Crippen molar-refractivity contribution in [3.05, 3.63) is 72.9 Å². The summed E-state index contributed by atoms with van der Waals surface area (Å²) in [5.74, 6) is -1.78. The van der Waals surface area contributed by atoms with Crippen LogP contribution in [-0.4, -0.2) is 75.5 Å². The lowest BCUT2D eigenvalue weighted by molar-refractivity contribution is -0.889. The van der Waals surface area contributed by atoms with Gasteiger partial charge in [-0.05, 0) is 77.0 Å². The largest absolute Gasteiger partial charge is 0.544 e. The molecule has 0 aliphatic carbocycles. The van der Waals surface area contributed by atoms with E-state index in [1.807, 2.05) is 0 Å². The zero-order chi connectivity index (χ0) is 41.4. The summed E-state index contributed by atoms with van der Waals surface area (Å²) in [5, 5.41) is 11.6. The van der Waals surface area contributed by atoms with Gasteiger partial charge in [0.05, 0.1) is 40.3 Å². The van der Waals surface area contributed by atoms with E-state index in [1.54, 1.807) is 21.1 Å². The average Bonchev–Trinajstić information content (AvgIpc) is 3.15. The maximum Gasteiger partial charge on any atom is 0.306 e. The summed E-state index contributed by atoms with van der Waals surface area (Å²) in [6.45, 7) is 4.40. The number of unbranched alkanes of at least 4 members (excludes halogenated alkanes) is 12. The molecule has 8 nitrogen and oxygen atoms in total. The minimum atomic E-state index is -1.13. The first kappa shape index (κ1) is 52.8. The van der Waals surface area contributed by atoms with Crippen LogP contribution in [0.5, 0.6) is 0 Å². The Kier molecular flexibility index (Phi) is 36.4. The molecule has 0 rings (SSSR count). The van der Waals surface area contributed by atoms with Gasteiger partial charge in [-0.15, -0.1) is 0 Å². The standard InChI is InChI=1S/C48H81NO7/c1-6-8-10-12-14-16-18-20-22-23-25-27-29-31-33-35-37-39-47(51)56-44(42-54-41-40-45(48(52)53)49(3,4)5)43-55-46(50)38-36-34-32-30-28-26-24-21-19-17-15-13-11-9-7-2/h8-11,14-17,20-22,24,44-45H,6-7,12-13,18-19,23,25-43H2,1-5H3/b10-8-,11-9-,16-14-,17-15-,22-20-,24-21-. The molecule has 0 aromatic heterocycles. The van der Waals surface area contributed by atoms with Gasteiger partial charge in [-0.2, -0.15) is 0 Å². The summed E-state index contributed by atoms with van der Waals surface area (Å²) >= 11 is 0. The second kappa shape index (κ2) is 38.6. The quantitative estimate of drug-likeness (QED) is 0.0266. The number of esters is 2. The van der Waals surface area contributed by atoms with Crippen LogP contribution in [-0.2, 0) is 28.6 Å². The molecule has 56 heavy (non-hydrogen) atoms. The molecule has 2 unspecified atom stereocenters. The highest BCUT2D eigenvalue weighted by atomic mass is 16.6. The first-order chi connectivity index (χ1) is 27.1. The Bertz CT molecular complexity index is 1140. The molecule has 0 heterocycles. The predicted molar refractivity (Wildman–Crippen MR) is 231 cm³/mol. The smallest absolute Gasteiger partial charge is 0.306 e. The summed E-state index contributed by atoms with van der Waals surface area (Å²) in [6.07, 6.45) is 47.8. The van der Waals surface area contributed by atoms with Crippen LogP contribution in [0.2, 0.25) is 0 Å². The molecule has 0 saturated heterocycles. The van der Waals surface area contributed by atoms with Gasteiger partial charge in [0.2, 0.25) is 0 Å². The van der Waals surface area contributed by atoms with Crippen LogP contribution < -0.4 is 5.11 Å². The lowest BCUT2D eigenvalue weighted by Gasteiger charge is -2.34. The summed E-state index contributed by atoms with van der Waals surface area (Å²) in [6, 6.07) is -0.733. The van der Waals surface area contributed by atoms with Gasteiger partial charge in [-0.1, -0.05) is 138 Å². The highest BCUT2D eigenvalue weighted by Gasteiger charge is 2.25. The van der Waals surface area contributed by atoms with Gasteiger partial charge in [0.25, 0.3) is 0 Å². The van der Waals surface area contributed by atoms with Crippen molar-refractivity contribution in [1.82, 2.24) is 0 Å². The number of nitrogens with zero attached hydrogens (tertiary/aromatic N) is 1. The molecule has 0 spiro atoms. The van der Waals surface area contributed by atoms with E-state index in [0.717, 1.165) is 109 Å². The van der Waals surface area contributed by atoms with Crippen LogP contribution in [0.15, 0.2) is 72.9 Å². The van der Waals surface area contributed by atoms with Crippen molar-refractivity contribution in [3.8, 4) is 0 Å². The topological polar surface area (TPSA) is 102 Å². The van der Waals surface area contributed by atoms with Crippen molar-refractivity contribution in [2.24, 2.45) is 0 Å². The number of allylic oxidation sites excluding steroid dienone is 12. The van der Waals surface area contributed by atoms with E-state index in [2.05, 4.69) is 86.8 Å². The minimum Gasteiger partial charge on any atom is -0.544 e. The van der Waals surface area contributed by atoms with E-state index >= 15 is 0 Å². The van der Waals surface area contributed by atoms with Gasteiger partial charge in [0, 0.05) is 19.3 Å². The number of quaternary nitrogens is 1. The molecule has 0 saturated carbocycles. The molecule has 0 radical (unpaired) electrons. The molecule has 320 valence electrons. The normalized spacial score (nSPS) is 13.7. The van der Waals surface area contributed by atoms with Crippen molar-refractivity contribution in [2.45, 2.75) is 174 Å². The summed E-state index contributed by atoms with van der Waals surface area (Å²) in [4.78, 5) is 36.9. The molecule has 0 aromatic carbocycles. The Labute approximate surface area is 342 Å². The Morgan fingerprint density at radius 2 is 0.946 bits per heavy atom. The molecule has 0 bridgehead atoms. The maximum absolute atomic E-state index is 12.7. The molecule has 0 amide bonds. The number of ether oxygens (including phenoxy) is 3. The van der Waals surface area contributed by atoms with E-state index in [1.165, 1.54) is 19.3 Å². The second-order valence-electron chi connectivity index (χ2n) is 15.5. The average molecular weight is 784 g/mol. The van der Waals surface area contributed by atoms with E-state index in [9.17, 15) is 19.5 Å². The van der Waals surface area contributed by atoms with Crippen molar-refractivity contribution >= 4 is 17.9 Å². The molecular formula is C48H81NO7. The van der Waals surface area contributed by atoms with Crippen LogP contribution in [0.1, 0.15) is 162 Å². The zero-order valence-electron chi connectivity index (χ0n) is 36.3. The highest BCUT2D eigenvalue weighted by Crippen LogP contribution is 2.13. The first-order valence-electron chi connectivity index (χ1n) is 22.0. The predicted octanol–water partition coefficient (Wildman–Crippen LogP) is 10.6. The lowest BCUT2D eigenvalue weighted by atomic mass is 10.1. The highest BCUT2D eigenvalue weighted by molar-refractivity contribution is 5.70. The molecule has 0 N–H and O–H groups in total. The van der Waals surface area contributed by atoms with Crippen molar-refractivity contribution in [3.63, 3.8) is 0 Å². The van der Waals surface area contributed by atoms with E-state index < -0.39 is 18.1 Å². The number of carboxylic acids is 1. The van der Waals surface area contributed by atoms with E-state index in [4.69, 9.17) is 14.2 Å². The van der Waals surface area contributed by atoms with Gasteiger partial charge in [0.1, 0.15) is 12.6 Å². The number of hydrogen-bond acceptors (Lipinski definition) is 7. The lowest BCUT2D eigenvalue weighted by Crippen LogP contribution is -2.55. The Morgan fingerprint density at radius 1 is 0.536 bits per heavy atom. The second-order valence-corrected chi connectivity index (χ2v) is 15.5. The van der Waals surface area contributed by atoms with Crippen molar-refractivity contribution in [2.75, 3.05) is 41.0 Å². The summed E-state index contributed by atoms with van der Waals surface area (Å²) in [5.41, 5.74) is 0. The van der Waals surface area contributed by atoms with Gasteiger partial charge in [-0.25, -0.2) is 0 Å². The zero-order valence-corrected chi connectivity index (χ0v) is 36.3. The molecule has 2 atom stereocenters. The van der Waals surface area contributed by atoms with E-state index in [0.29, 0.717) is 12.8 Å². The molecule has 0 aliphatic rings.